The summed E-state index contributed by atoms with van der Waals surface area (Å²) in [6.07, 6.45) is 1.35. The zero-order valence-electron chi connectivity index (χ0n) is 10.5. The smallest absolute Gasteiger partial charge is 0.0242 e. The maximum Gasteiger partial charge on any atom is 0.0242 e. The Bertz CT molecular complexity index is 402. The Morgan fingerprint density at radius 1 is 1.24 bits per heavy atom. The molecule has 3 heteroatoms. The molecule has 0 aliphatic carbocycles. The van der Waals surface area contributed by atoms with E-state index in [1.807, 2.05) is 0 Å². The normalized spacial score (nSPS) is 29.1. The molecule has 1 aromatic carbocycles. The molecule has 3 nitrogen and oxygen atoms in total. The van der Waals surface area contributed by atoms with Crippen LogP contribution in [0.15, 0.2) is 24.3 Å². The Kier molecular flexibility index (Phi) is 2.90. The van der Waals surface area contributed by atoms with E-state index in [1.165, 1.54) is 30.6 Å². The highest BCUT2D eigenvalue weighted by Crippen LogP contribution is 2.30. The van der Waals surface area contributed by atoms with E-state index in [1.54, 1.807) is 0 Å². The van der Waals surface area contributed by atoms with Crippen LogP contribution in [0.3, 0.4) is 0 Å². The quantitative estimate of drug-likeness (QED) is 0.843. The van der Waals surface area contributed by atoms with Crippen LogP contribution in [0, 0.1) is 0 Å². The SMILES string of the molecule is CN1CC2CC1CN2Cc1cccc(CN)c1. The number of hydrogen-bond donors (Lipinski definition) is 1. The number of piperazine rings is 1. The summed E-state index contributed by atoms with van der Waals surface area (Å²) in [6.45, 7) is 4.20. The van der Waals surface area contributed by atoms with Crippen LogP contribution < -0.4 is 5.73 Å². The minimum atomic E-state index is 0.641. The molecular weight excluding hydrogens is 210 g/mol. The standard InChI is InChI=1S/C14H21N3/c1-16-9-14-6-13(16)10-17(14)8-12-4-2-3-11(5-12)7-15/h2-5,13-14H,6-10,15H2,1H3. The lowest BCUT2D eigenvalue weighted by molar-refractivity contribution is 0.143. The zero-order valence-corrected chi connectivity index (χ0v) is 10.5. The number of likely N-dealkylation sites (N-methyl/N-ethyl adjacent to an activating group) is 1. The topological polar surface area (TPSA) is 32.5 Å². The van der Waals surface area contributed by atoms with Gasteiger partial charge in [0.05, 0.1) is 0 Å². The highest BCUT2D eigenvalue weighted by atomic mass is 15.3. The Morgan fingerprint density at radius 2 is 2.06 bits per heavy atom. The number of nitrogens with two attached hydrogens (primary N) is 1. The summed E-state index contributed by atoms with van der Waals surface area (Å²) < 4.78 is 0. The van der Waals surface area contributed by atoms with Gasteiger partial charge in [-0.1, -0.05) is 24.3 Å². The lowest BCUT2D eigenvalue weighted by Gasteiger charge is -2.31. The van der Waals surface area contributed by atoms with Gasteiger partial charge < -0.3 is 10.6 Å². The van der Waals surface area contributed by atoms with E-state index in [2.05, 4.69) is 41.1 Å². The average Bonchev–Trinajstić information content (AvgIpc) is 2.88. The second kappa shape index (κ2) is 4.41. The lowest BCUT2D eigenvalue weighted by atomic mass is 10.1. The van der Waals surface area contributed by atoms with Crippen LogP contribution in [0.1, 0.15) is 17.5 Å². The van der Waals surface area contributed by atoms with Gasteiger partial charge in [0.15, 0.2) is 0 Å². The number of hydrogen-bond acceptors (Lipinski definition) is 3. The van der Waals surface area contributed by atoms with Crippen molar-refractivity contribution in [2.45, 2.75) is 31.6 Å². The maximum atomic E-state index is 5.69. The third-order valence-corrected chi connectivity index (χ3v) is 4.24. The fraction of sp³-hybridized carbons (Fsp3) is 0.571. The third-order valence-electron chi connectivity index (χ3n) is 4.24. The van der Waals surface area contributed by atoms with E-state index in [9.17, 15) is 0 Å². The van der Waals surface area contributed by atoms with Crippen molar-refractivity contribution < 1.29 is 0 Å². The van der Waals surface area contributed by atoms with Crippen molar-refractivity contribution >= 4 is 0 Å². The van der Waals surface area contributed by atoms with Crippen molar-refractivity contribution in [3.63, 3.8) is 0 Å². The second-order valence-corrected chi connectivity index (χ2v) is 5.44. The van der Waals surface area contributed by atoms with E-state index < -0.39 is 0 Å². The van der Waals surface area contributed by atoms with Gasteiger partial charge >= 0.3 is 0 Å². The molecule has 2 bridgehead atoms. The minimum absolute atomic E-state index is 0.641. The van der Waals surface area contributed by atoms with Crippen LogP contribution in [0.5, 0.6) is 0 Å². The molecule has 2 N–H and O–H groups in total. The van der Waals surface area contributed by atoms with Gasteiger partial charge in [-0.3, -0.25) is 4.90 Å². The van der Waals surface area contributed by atoms with Crippen LogP contribution in [0.2, 0.25) is 0 Å². The molecule has 0 aromatic heterocycles. The van der Waals surface area contributed by atoms with Gasteiger partial charge in [-0.2, -0.15) is 0 Å². The Balaban J connectivity index is 1.68. The van der Waals surface area contributed by atoms with E-state index in [0.29, 0.717) is 6.54 Å². The molecule has 0 saturated carbocycles. The van der Waals surface area contributed by atoms with Crippen LogP contribution in [0.25, 0.3) is 0 Å². The van der Waals surface area contributed by atoms with Gasteiger partial charge in [0, 0.05) is 38.3 Å². The number of fused-ring (bicyclic) bond motifs is 2. The van der Waals surface area contributed by atoms with Crippen molar-refractivity contribution in [2.24, 2.45) is 5.73 Å². The van der Waals surface area contributed by atoms with Gasteiger partial charge in [0.2, 0.25) is 0 Å². The average molecular weight is 231 g/mol. The molecule has 0 amide bonds. The first kappa shape index (κ1) is 11.2. The maximum absolute atomic E-state index is 5.69. The predicted octanol–water partition coefficient (Wildman–Crippen LogP) is 1.03. The molecule has 2 fully saturated rings. The number of likely N-dealkylation sites (tertiary alicyclic amines) is 2. The summed E-state index contributed by atoms with van der Waals surface area (Å²) in [5.41, 5.74) is 8.33. The molecule has 2 unspecified atom stereocenters. The molecule has 2 aliphatic heterocycles. The lowest BCUT2D eigenvalue weighted by Crippen LogP contribution is -2.43. The fourth-order valence-corrected chi connectivity index (χ4v) is 3.23. The minimum Gasteiger partial charge on any atom is -0.326 e. The molecule has 17 heavy (non-hydrogen) atoms. The second-order valence-electron chi connectivity index (χ2n) is 5.44. The highest BCUT2D eigenvalue weighted by Gasteiger charge is 2.40. The van der Waals surface area contributed by atoms with Crippen LogP contribution in [0.4, 0.5) is 0 Å². The third kappa shape index (κ3) is 2.10. The van der Waals surface area contributed by atoms with Gasteiger partial charge in [-0.05, 0) is 24.6 Å². The Hall–Kier alpha value is -0.900. The van der Waals surface area contributed by atoms with E-state index in [0.717, 1.165) is 18.6 Å². The van der Waals surface area contributed by atoms with Crippen LogP contribution in [-0.2, 0) is 13.1 Å². The summed E-state index contributed by atoms with van der Waals surface area (Å²) >= 11 is 0. The monoisotopic (exact) mass is 231 g/mol. The fourth-order valence-electron chi connectivity index (χ4n) is 3.23. The summed E-state index contributed by atoms with van der Waals surface area (Å²) in [5, 5.41) is 0. The summed E-state index contributed by atoms with van der Waals surface area (Å²) in [5.74, 6) is 0. The molecular formula is C14H21N3. The molecule has 0 spiro atoms. The summed E-state index contributed by atoms with van der Waals surface area (Å²) in [6, 6.07) is 10.2. The molecule has 2 heterocycles. The first-order chi connectivity index (χ1) is 8.26. The predicted molar refractivity (Wildman–Crippen MR) is 69.6 cm³/mol. The van der Waals surface area contributed by atoms with E-state index >= 15 is 0 Å². The van der Waals surface area contributed by atoms with Crippen molar-refractivity contribution in [3.8, 4) is 0 Å². The van der Waals surface area contributed by atoms with Gasteiger partial charge in [0.1, 0.15) is 0 Å². The summed E-state index contributed by atoms with van der Waals surface area (Å²) in [4.78, 5) is 5.12. The van der Waals surface area contributed by atoms with Gasteiger partial charge in [0.25, 0.3) is 0 Å². The van der Waals surface area contributed by atoms with Gasteiger partial charge in [-0.25, -0.2) is 0 Å². The molecule has 2 saturated heterocycles. The van der Waals surface area contributed by atoms with Crippen molar-refractivity contribution in [3.05, 3.63) is 35.4 Å². The van der Waals surface area contributed by atoms with Crippen molar-refractivity contribution in [1.29, 1.82) is 0 Å². The molecule has 1 aromatic rings. The van der Waals surface area contributed by atoms with Gasteiger partial charge in [-0.15, -0.1) is 0 Å². The number of benzene rings is 1. The Labute approximate surface area is 103 Å². The first-order valence-electron chi connectivity index (χ1n) is 6.48. The molecule has 2 aliphatic rings. The van der Waals surface area contributed by atoms with Crippen LogP contribution >= 0.6 is 0 Å². The molecule has 2 atom stereocenters. The zero-order chi connectivity index (χ0) is 11.8. The van der Waals surface area contributed by atoms with E-state index in [4.69, 9.17) is 5.73 Å². The molecule has 3 rings (SSSR count). The highest BCUT2D eigenvalue weighted by molar-refractivity contribution is 5.23. The number of rotatable bonds is 3. The molecule has 92 valence electrons. The van der Waals surface area contributed by atoms with Crippen LogP contribution in [-0.4, -0.2) is 42.0 Å². The first-order valence-corrected chi connectivity index (χ1v) is 6.48. The number of nitrogens with zero attached hydrogens (tertiary/aromatic N) is 2. The Morgan fingerprint density at radius 3 is 2.71 bits per heavy atom. The van der Waals surface area contributed by atoms with E-state index in [-0.39, 0.29) is 0 Å². The summed E-state index contributed by atoms with van der Waals surface area (Å²) in [7, 11) is 2.25. The van der Waals surface area contributed by atoms with Crippen molar-refractivity contribution in [2.75, 3.05) is 20.1 Å². The van der Waals surface area contributed by atoms with Crippen molar-refractivity contribution in [1.82, 2.24) is 9.80 Å². The largest absolute Gasteiger partial charge is 0.326 e. The molecule has 0 radical (unpaired) electrons.